The Morgan fingerprint density at radius 2 is 2.22 bits per heavy atom. The first-order chi connectivity index (χ1) is 8.65. The Hall–Kier alpha value is -1.92. The predicted octanol–water partition coefficient (Wildman–Crippen LogP) is -0.0983. The minimum atomic E-state index is -0.318. The van der Waals surface area contributed by atoms with Crippen LogP contribution in [0.3, 0.4) is 0 Å². The number of aromatic amines is 1. The molecule has 0 aromatic carbocycles. The van der Waals surface area contributed by atoms with E-state index in [4.69, 9.17) is 0 Å². The highest BCUT2D eigenvalue weighted by Gasteiger charge is 2.22. The second-order valence-corrected chi connectivity index (χ2v) is 4.45. The SMILES string of the molecule is Cc1nc(C(=O)NCCCC(=O)NC2CC2)n[nH]1. The molecule has 1 aromatic rings. The summed E-state index contributed by atoms with van der Waals surface area (Å²) in [7, 11) is 0. The molecule has 0 saturated heterocycles. The highest BCUT2D eigenvalue weighted by atomic mass is 16.2. The van der Waals surface area contributed by atoms with Crippen LogP contribution in [0.15, 0.2) is 0 Å². The fraction of sp³-hybridized carbons (Fsp3) is 0.636. The van der Waals surface area contributed by atoms with E-state index in [0.717, 1.165) is 12.8 Å². The van der Waals surface area contributed by atoms with Gasteiger partial charge in [-0.1, -0.05) is 0 Å². The number of carbonyl (C=O) groups excluding carboxylic acids is 2. The fourth-order valence-electron chi connectivity index (χ4n) is 1.50. The maximum Gasteiger partial charge on any atom is 0.290 e. The summed E-state index contributed by atoms with van der Waals surface area (Å²) in [5.74, 6) is 0.473. The number of H-pyrrole nitrogens is 1. The zero-order chi connectivity index (χ0) is 13.0. The number of nitrogens with one attached hydrogen (secondary N) is 3. The van der Waals surface area contributed by atoms with Crippen molar-refractivity contribution >= 4 is 11.8 Å². The van der Waals surface area contributed by atoms with Crippen LogP contribution in [0.4, 0.5) is 0 Å². The summed E-state index contributed by atoms with van der Waals surface area (Å²) in [6, 6.07) is 0.392. The lowest BCUT2D eigenvalue weighted by Crippen LogP contribution is -2.29. The van der Waals surface area contributed by atoms with E-state index < -0.39 is 0 Å². The van der Waals surface area contributed by atoms with Crippen LogP contribution in [-0.2, 0) is 4.79 Å². The van der Waals surface area contributed by atoms with Gasteiger partial charge in [0.15, 0.2) is 0 Å². The molecule has 1 aromatic heterocycles. The smallest absolute Gasteiger partial charge is 0.290 e. The van der Waals surface area contributed by atoms with Crippen molar-refractivity contribution in [1.29, 1.82) is 0 Å². The van der Waals surface area contributed by atoms with Crippen LogP contribution in [0.25, 0.3) is 0 Å². The quantitative estimate of drug-likeness (QED) is 0.615. The van der Waals surface area contributed by atoms with Crippen LogP contribution in [0.5, 0.6) is 0 Å². The molecule has 98 valence electrons. The van der Waals surface area contributed by atoms with Crippen LogP contribution >= 0.6 is 0 Å². The van der Waals surface area contributed by atoms with Gasteiger partial charge in [0, 0.05) is 19.0 Å². The number of aromatic nitrogens is 3. The van der Waals surface area contributed by atoms with E-state index in [-0.39, 0.29) is 17.6 Å². The van der Waals surface area contributed by atoms with Crippen molar-refractivity contribution in [2.75, 3.05) is 6.54 Å². The van der Waals surface area contributed by atoms with E-state index in [1.165, 1.54) is 0 Å². The molecule has 2 rings (SSSR count). The van der Waals surface area contributed by atoms with Crippen molar-refractivity contribution < 1.29 is 9.59 Å². The summed E-state index contributed by atoms with van der Waals surface area (Å²) in [5.41, 5.74) is 0. The molecule has 1 heterocycles. The van der Waals surface area contributed by atoms with Gasteiger partial charge < -0.3 is 10.6 Å². The molecule has 2 amide bonds. The van der Waals surface area contributed by atoms with Gasteiger partial charge in [-0.25, -0.2) is 4.98 Å². The molecular weight excluding hydrogens is 234 g/mol. The standard InChI is InChI=1S/C11H17N5O2/c1-7-13-10(16-15-7)11(18)12-6-2-3-9(17)14-8-4-5-8/h8H,2-6H2,1H3,(H,12,18)(H,14,17)(H,13,15,16). The molecule has 3 N–H and O–H groups in total. The lowest BCUT2D eigenvalue weighted by Gasteiger charge is -2.03. The van der Waals surface area contributed by atoms with Crippen molar-refractivity contribution in [2.45, 2.75) is 38.6 Å². The molecule has 0 aliphatic heterocycles. The van der Waals surface area contributed by atoms with Gasteiger partial charge in [-0.2, -0.15) is 0 Å². The lowest BCUT2D eigenvalue weighted by atomic mass is 10.3. The monoisotopic (exact) mass is 251 g/mol. The van der Waals surface area contributed by atoms with Crippen LogP contribution in [0.2, 0.25) is 0 Å². The summed E-state index contributed by atoms with van der Waals surface area (Å²) >= 11 is 0. The third kappa shape index (κ3) is 3.83. The van der Waals surface area contributed by atoms with Gasteiger partial charge in [-0.15, -0.1) is 5.10 Å². The highest BCUT2D eigenvalue weighted by molar-refractivity contribution is 5.90. The van der Waals surface area contributed by atoms with Gasteiger partial charge >= 0.3 is 0 Å². The Morgan fingerprint density at radius 3 is 2.83 bits per heavy atom. The maximum absolute atomic E-state index is 11.5. The van der Waals surface area contributed by atoms with Crippen molar-refractivity contribution in [3.05, 3.63) is 11.6 Å². The molecular formula is C11H17N5O2. The van der Waals surface area contributed by atoms with Gasteiger partial charge in [0.1, 0.15) is 5.82 Å². The van der Waals surface area contributed by atoms with E-state index in [0.29, 0.717) is 31.3 Å². The van der Waals surface area contributed by atoms with E-state index >= 15 is 0 Å². The predicted molar refractivity (Wildman–Crippen MR) is 63.9 cm³/mol. The number of amides is 2. The van der Waals surface area contributed by atoms with Gasteiger partial charge in [-0.3, -0.25) is 14.7 Å². The van der Waals surface area contributed by atoms with Crippen molar-refractivity contribution in [2.24, 2.45) is 0 Å². The van der Waals surface area contributed by atoms with Gasteiger partial charge in [0.25, 0.3) is 5.91 Å². The Kier molecular flexibility index (Phi) is 3.91. The molecule has 1 saturated carbocycles. The first-order valence-corrected chi connectivity index (χ1v) is 6.11. The Labute approximate surface area is 105 Å². The second kappa shape index (κ2) is 5.61. The summed E-state index contributed by atoms with van der Waals surface area (Å²) in [6.45, 7) is 2.18. The summed E-state index contributed by atoms with van der Waals surface area (Å²) < 4.78 is 0. The van der Waals surface area contributed by atoms with Crippen molar-refractivity contribution in [3.8, 4) is 0 Å². The number of hydrogen-bond acceptors (Lipinski definition) is 4. The van der Waals surface area contributed by atoms with Crippen molar-refractivity contribution in [3.63, 3.8) is 0 Å². The molecule has 0 radical (unpaired) electrons. The van der Waals surface area contributed by atoms with E-state index in [9.17, 15) is 9.59 Å². The molecule has 1 fully saturated rings. The van der Waals surface area contributed by atoms with Crippen molar-refractivity contribution in [1.82, 2.24) is 25.8 Å². The molecule has 1 aliphatic carbocycles. The number of nitrogens with zero attached hydrogens (tertiary/aromatic N) is 2. The molecule has 1 aliphatic rings. The third-order valence-electron chi connectivity index (χ3n) is 2.61. The second-order valence-electron chi connectivity index (χ2n) is 4.45. The average Bonchev–Trinajstić information content (AvgIpc) is 3.03. The normalized spacial score (nSPS) is 14.3. The zero-order valence-electron chi connectivity index (χ0n) is 10.3. The largest absolute Gasteiger partial charge is 0.353 e. The summed E-state index contributed by atoms with van der Waals surface area (Å²) in [5, 5.41) is 11.9. The Bertz CT molecular complexity index is 438. The van der Waals surface area contributed by atoms with Gasteiger partial charge in [0.05, 0.1) is 0 Å². The van der Waals surface area contributed by atoms with Gasteiger partial charge in [0.2, 0.25) is 11.7 Å². The van der Waals surface area contributed by atoms with Crippen LogP contribution in [0, 0.1) is 6.92 Å². The van der Waals surface area contributed by atoms with Crippen LogP contribution in [-0.4, -0.2) is 39.6 Å². The number of carbonyl (C=O) groups is 2. The third-order valence-corrected chi connectivity index (χ3v) is 2.61. The molecule has 0 atom stereocenters. The van der Waals surface area contributed by atoms with Gasteiger partial charge in [-0.05, 0) is 26.2 Å². The highest BCUT2D eigenvalue weighted by Crippen LogP contribution is 2.18. The molecule has 18 heavy (non-hydrogen) atoms. The first kappa shape index (κ1) is 12.5. The molecule has 0 unspecified atom stereocenters. The van der Waals surface area contributed by atoms with E-state index in [1.807, 2.05) is 0 Å². The maximum atomic E-state index is 11.5. The molecule has 0 bridgehead atoms. The number of aryl methyl sites for hydroxylation is 1. The minimum absolute atomic E-state index is 0.0560. The Morgan fingerprint density at radius 1 is 1.44 bits per heavy atom. The topological polar surface area (TPSA) is 99.8 Å². The summed E-state index contributed by atoms with van der Waals surface area (Å²) in [6.07, 6.45) is 3.23. The fourth-order valence-corrected chi connectivity index (χ4v) is 1.50. The first-order valence-electron chi connectivity index (χ1n) is 6.11. The Balaban J connectivity index is 1.59. The number of rotatable bonds is 6. The minimum Gasteiger partial charge on any atom is -0.353 e. The van der Waals surface area contributed by atoms with E-state index in [1.54, 1.807) is 6.92 Å². The molecule has 7 heteroatoms. The lowest BCUT2D eigenvalue weighted by molar-refractivity contribution is -0.121. The number of hydrogen-bond donors (Lipinski definition) is 3. The van der Waals surface area contributed by atoms with E-state index in [2.05, 4.69) is 25.8 Å². The molecule has 7 nitrogen and oxygen atoms in total. The molecule has 0 spiro atoms. The van der Waals surface area contributed by atoms with Crippen LogP contribution in [0.1, 0.15) is 42.1 Å². The van der Waals surface area contributed by atoms with Crippen LogP contribution < -0.4 is 10.6 Å². The average molecular weight is 251 g/mol. The zero-order valence-corrected chi connectivity index (χ0v) is 10.3. The summed E-state index contributed by atoms with van der Waals surface area (Å²) in [4.78, 5) is 26.8.